The summed E-state index contributed by atoms with van der Waals surface area (Å²) in [6.45, 7) is 0.653. The van der Waals surface area contributed by atoms with Crippen molar-refractivity contribution in [1.29, 1.82) is 0 Å². The number of rotatable bonds is 12. The van der Waals surface area contributed by atoms with E-state index in [0.29, 0.717) is 17.0 Å². The summed E-state index contributed by atoms with van der Waals surface area (Å²) in [6, 6.07) is 3.72. The molecule has 1 aliphatic rings. The molecule has 1 aromatic rings. The number of ether oxygens (including phenoxy) is 1. The molecule has 1 heterocycles. The Morgan fingerprint density at radius 3 is 1.64 bits per heavy atom. The van der Waals surface area contributed by atoms with Crippen LogP contribution in [0.2, 0.25) is 0 Å². The topological polar surface area (TPSA) is 183 Å². The highest BCUT2D eigenvalue weighted by Crippen LogP contribution is 2.32. The van der Waals surface area contributed by atoms with Gasteiger partial charge in [0, 0.05) is 63.6 Å². The summed E-state index contributed by atoms with van der Waals surface area (Å²) in [6.07, 6.45) is 0. The highest BCUT2D eigenvalue weighted by molar-refractivity contribution is 7.79. The van der Waals surface area contributed by atoms with E-state index in [2.05, 4.69) is 5.32 Å². The first-order chi connectivity index (χ1) is 18.5. The van der Waals surface area contributed by atoms with Crippen molar-refractivity contribution in [3.8, 4) is 5.75 Å². The van der Waals surface area contributed by atoms with Crippen LogP contribution in [0.1, 0.15) is 11.6 Å². The van der Waals surface area contributed by atoms with Crippen molar-refractivity contribution >= 4 is 47.3 Å². The van der Waals surface area contributed by atoms with Crippen LogP contribution in [-0.2, 0) is 19.2 Å². The predicted octanol–water partition coefficient (Wildman–Crippen LogP) is -0.335. The number of carboxylic acids is 4. The molecule has 216 valence electrons. The molecule has 1 atom stereocenters. The van der Waals surface area contributed by atoms with Crippen LogP contribution in [0.4, 0.5) is 5.69 Å². The highest BCUT2D eigenvalue weighted by Gasteiger charge is 2.32. The number of carbonyl (C=O) groups is 4. The average molecular weight is 570 g/mol. The number of thiocarbonyl (C=S) groups is 1. The van der Waals surface area contributed by atoms with Gasteiger partial charge in [-0.25, -0.2) is 0 Å². The van der Waals surface area contributed by atoms with Gasteiger partial charge in [-0.1, -0.05) is 12.2 Å². The van der Waals surface area contributed by atoms with Gasteiger partial charge in [-0.05, 0) is 18.2 Å². The number of methoxy groups -OCH3 is 1. The molecule has 15 heteroatoms. The minimum Gasteiger partial charge on any atom is -0.496 e. The molecule has 39 heavy (non-hydrogen) atoms. The molecule has 1 saturated heterocycles. The second-order valence-electron chi connectivity index (χ2n) is 9.01. The first-order valence-electron chi connectivity index (χ1n) is 12.2. The third-order valence-electron chi connectivity index (χ3n) is 6.30. The number of aliphatic carboxylic acids is 4. The van der Waals surface area contributed by atoms with E-state index >= 15 is 0 Å². The van der Waals surface area contributed by atoms with Crippen LogP contribution in [0.15, 0.2) is 18.2 Å². The molecule has 1 aliphatic heterocycles. The second kappa shape index (κ2) is 15.9. The van der Waals surface area contributed by atoms with Gasteiger partial charge in [0.15, 0.2) is 0 Å². The zero-order valence-electron chi connectivity index (χ0n) is 21.7. The van der Waals surface area contributed by atoms with E-state index in [-0.39, 0.29) is 72.0 Å². The van der Waals surface area contributed by atoms with E-state index in [4.69, 9.17) is 17.0 Å². The fraction of sp³-hybridized carbons (Fsp3) is 0.542. The Morgan fingerprint density at radius 1 is 0.846 bits per heavy atom. The Hall–Kier alpha value is -3.37. The second-order valence-corrected chi connectivity index (χ2v) is 9.24. The van der Waals surface area contributed by atoms with Crippen LogP contribution in [0.5, 0.6) is 5.75 Å². The molecule has 2 rings (SSSR count). The van der Waals surface area contributed by atoms with Crippen molar-refractivity contribution in [3.05, 3.63) is 23.8 Å². The summed E-state index contributed by atoms with van der Waals surface area (Å²) in [7, 11) is 1.42. The van der Waals surface area contributed by atoms with Crippen LogP contribution >= 0.6 is 12.2 Å². The zero-order chi connectivity index (χ0) is 28.9. The van der Waals surface area contributed by atoms with Crippen molar-refractivity contribution in [2.75, 3.05) is 84.4 Å². The van der Waals surface area contributed by atoms with Gasteiger partial charge < -0.3 is 30.5 Å². The Morgan fingerprint density at radius 2 is 1.28 bits per heavy atom. The van der Waals surface area contributed by atoms with E-state index in [1.54, 1.807) is 37.8 Å². The van der Waals surface area contributed by atoms with Crippen LogP contribution in [0, 0.1) is 0 Å². The quantitative estimate of drug-likeness (QED) is 0.206. The lowest BCUT2D eigenvalue weighted by molar-refractivity contribution is -0.145. The summed E-state index contributed by atoms with van der Waals surface area (Å²) in [5, 5.41) is 41.3. The fourth-order valence-corrected chi connectivity index (χ4v) is 4.59. The summed E-state index contributed by atoms with van der Waals surface area (Å²) < 4.78 is 5.44. The van der Waals surface area contributed by atoms with Crippen LogP contribution in [0.3, 0.4) is 0 Å². The van der Waals surface area contributed by atoms with Crippen molar-refractivity contribution in [2.24, 2.45) is 0 Å². The average Bonchev–Trinajstić information content (AvgIpc) is 2.84. The summed E-state index contributed by atoms with van der Waals surface area (Å²) >= 11 is 4.85. The van der Waals surface area contributed by atoms with Gasteiger partial charge in [0.2, 0.25) is 0 Å². The summed E-state index contributed by atoms with van der Waals surface area (Å²) in [4.78, 5) is 53.6. The van der Waals surface area contributed by atoms with Crippen LogP contribution in [0.25, 0.3) is 0 Å². The SMILES string of the molecule is COc1ccc(NC=S)cc1C(C(=O)O)N1CCN(CC(=O)O)CCN(CC(=O)O)CCN(CC(=O)O)CC1. The molecular formula is C24H35N5O9S. The minimum absolute atomic E-state index is 0.137. The molecule has 5 N–H and O–H groups in total. The molecule has 1 aromatic carbocycles. The molecule has 0 saturated carbocycles. The zero-order valence-corrected chi connectivity index (χ0v) is 22.5. The van der Waals surface area contributed by atoms with Crippen LogP contribution < -0.4 is 10.1 Å². The first kappa shape index (κ1) is 31.8. The van der Waals surface area contributed by atoms with E-state index in [1.165, 1.54) is 12.6 Å². The molecule has 0 bridgehead atoms. The van der Waals surface area contributed by atoms with Crippen molar-refractivity contribution in [2.45, 2.75) is 6.04 Å². The van der Waals surface area contributed by atoms with Gasteiger partial charge in [0.1, 0.15) is 11.8 Å². The molecule has 0 aliphatic carbocycles. The fourth-order valence-electron chi connectivity index (χ4n) is 4.45. The number of anilines is 1. The van der Waals surface area contributed by atoms with Gasteiger partial charge in [-0.2, -0.15) is 0 Å². The lowest BCUT2D eigenvalue weighted by Gasteiger charge is -2.35. The third-order valence-corrected chi connectivity index (χ3v) is 6.42. The summed E-state index contributed by atoms with van der Waals surface area (Å²) in [5.41, 5.74) is 2.19. The molecule has 0 spiro atoms. The molecule has 1 unspecified atom stereocenters. The normalized spacial score (nSPS) is 17.8. The Kier molecular flexibility index (Phi) is 13.0. The molecule has 0 aromatic heterocycles. The van der Waals surface area contributed by atoms with Crippen molar-refractivity contribution in [3.63, 3.8) is 0 Å². The molecule has 1 fully saturated rings. The minimum atomic E-state index is -1.20. The molecule has 0 amide bonds. The maximum atomic E-state index is 12.7. The standard InChI is InChI=1S/C24H35N5O9S/c1-38-19-3-2-17(25-16-39)12-18(19)23(24(36)37)29-10-8-27(14-21(32)33)6-4-26(13-20(30)31)5-7-28(9-11-29)15-22(34)35/h2-3,12,16,23H,4-11,13-15H2,1H3,(H,25,39)(H,30,31)(H,32,33)(H,34,35)(H,36,37). The Bertz CT molecular complexity index is 996. The predicted molar refractivity (Wildman–Crippen MR) is 144 cm³/mol. The maximum Gasteiger partial charge on any atom is 0.325 e. The van der Waals surface area contributed by atoms with Crippen molar-refractivity contribution in [1.82, 2.24) is 19.6 Å². The number of benzene rings is 1. The van der Waals surface area contributed by atoms with Gasteiger partial charge in [0.25, 0.3) is 0 Å². The van der Waals surface area contributed by atoms with E-state index in [1.807, 2.05) is 0 Å². The largest absolute Gasteiger partial charge is 0.496 e. The van der Waals surface area contributed by atoms with Gasteiger partial charge in [-0.3, -0.25) is 38.8 Å². The van der Waals surface area contributed by atoms with E-state index in [0.717, 1.165) is 0 Å². The van der Waals surface area contributed by atoms with Crippen LogP contribution in [-0.4, -0.2) is 148 Å². The number of nitrogens with zero attached hydrogens (tertiary/aromatic N) is 4. The smallest absolute Gasteiger partial charge is 0.325 e. The number of carboxylic acid groups (broad SMARTS) is 4. The highest BCUT2D eigenvalue weighted by atomic mass is 32.1. The molecular weight excluding hydrogens is 534 g/mol. The Labute approximate surface area is 231 Å². The summed E-state index contributed by atoms with van der Waals surface area (Å²) in [5.74, 6) is -4.02. The lowest BCUT2D eigenvalue weighted by atomic mass is 10.0. The number of hydrogen-bond acceptors (Lipinski definition) is 10. The monoisotopic (exact) mass is 569 g/mol. The third kappa shape index (κ3) is 10.7. The van der Waals surface area contributed by atoms with Gasteiger partial charge in [-0.15, -0.1) is 0 Å². The number of hydrogen-bond donors (Lipinski definition) is 5. The Balaban J connectivity index is 2.46. The first-order valence-corrected chi connectivity index (χ1v) is 12.7. The lowest BCUT2D eigenvalue weighted by Crippen LogP contribution is -2.49. The van der Waals surface area contributed by atoms with Gasteiger partial charge >= 0.3 is 23.9 Å². The maximum absolute atomic E-state index is 12.7. The van der Waals surface area contributed by atoms with Gasteiger partial charge in [0.05, 0.1) is 32.2 Å². The van der Waals surface area contributed by atoms with Crippen molar-refractivity contribution < 1.29 is 44.3 Å². The van der Waals surface area contributed by atoms with E-state index in [9.17, 15) is 39.6 Å². The number of nitrogens with one attached hydrogen (secondary N) is 1. The molecule has 0 radical (unpaired) electrons. The van der Waals surface area contributed by atoms with E-state index < -0.39 is 29.9 Å². The molecule has 14 nitrogen and oxygen atoms in total.